The highest BCUT2D eigenvalue weighted by molar-refractivity contribution is 7.13. The van der Waals surface area contributed by atoms with E-state index in [-0.39, 0.29) is 5.82 Å². The lowest BCUT2D eigenvalue weighted by molar-refractivity contribution is 0.629. The maximum atomic E-state index is 13.3. The van der Waals surface area contributed by atoms with E-state index in [4.69, 9.17) is 0 Å². The summed E-state index contributed by atoms with van der Waals surface area (Å²) in [5.74, 6) is 0.932. The van der Waals surface area contributed by atoms with Gasteiger partial charge in [-0.1, -0.05) is 0 Å². The van der Waals surface area contributed by atoms with Crippen LogP contribution in [0.4, 0.5) is 10.2 Å². The van der Waals surface area contributed by atoms with Crippen molar-refractivity contribution in [2.45, 2.75) is 0 Å². The summed E-state index contributed by atoms with van der Waals surface area (Å²) in [5, 5.41) is 3.80. The van der Waals surface area contributed by atoms with Crippen molar-refractivity contribution in [1.29, 1.82) is 0 Å². The molecule has 2 aromatic heterocycles. The zero-order valence-electron chi connectivity index (χ0n) is 9.51. The Balaban J connectivity index is 2.29. The molecule has 90 valence electrons. The van der Waals surface area contributed by atoms with Crippen LogP contribution in [0, 0.1) is 5.82 Å². The van der Waals surface area contributed by atoms with Gasteiger partial charge in [0.05, 0.1) is 15.9 Å². The first-order chi connectivity index (χ1) is 8.78. The van der Waals surface area contributed by atoms with Gasteiger partial charge in [-0.25, -0.2) is 14.4 Å². The smallest absolute Gasteiger partial charge is 0.173 e. The summed E-state index contributed by atoms with van der Waals surface area (Å²) in [6.45, 7) is 0. The molecule has 0 amide bonds. The van der Waals surface area contributed by atoms with E-state index < -0.39 is 0 Å². The predicted octanol–water partition coefficient (Wildman–Crippen LogP) is 2.93. The molecule has 0 fully saturated rings. The van der Waals surface area contributed by atoms with Gasteiger partial charge < -0.3 is 5.32 Å². The lowest BCUT2D eigenvalue weighted by Gasteiger charge is -2.06. The van der Waals surface area contributed by atoms with Crippen molar-refractivity contribution < 1.29 is 4.39 Å². The van der Waals surface area contributed by atoms with Gasteiger partial charge in [0.25, 0.3) is 0 Å². The van der Waals surface area contributed by atoms with E-state index in [1.807, 2.05) is 0 Å². The highest BCUT2D eigenvalue weighted by atomic mass is 32.1. The van der Waals surface area contributed by atoms with Gasteiger partial charge in [0.15, 0.2) is 5.82 Å². The minimum atomic E-state index is -0.307. The molecule has 3 aromatic rings. The maximum Gasteiger partial charge on any atom is 0.173 e. The molecule has 0 aliphatic rings. The predicted molar refractivity (Wildman–Crippen MR) is 70.2 cm³/mol. The van der Waals surface area contributed by atoms with E-state index in [1.54, 1.807) is 24.8 Å². The van der Waals surface area contributed by atoms with E-state index in [0.717, 1.165) is 10.3 Å². The largest absolute Gasteiger partial charge is 0.373 e. The van der Waals surface area contributed by atoms with Crippen LogP contribution in [-0.2, 0) is 0 Å². The van der Waals surface area contributed by atoms with Gasteiger partial charge in [0, 0.05) is 24.7 Å². The summed E-state index contributed by atoms with van der Waals surface area (Å²) >= 11 is 1.45. The van der Waals surface area contributed by atoms with Gasteiger partial charge in [-0.3, -0.25) is 4.98 Å². The van der Waals surface area contributed by atoms with E-state index >= 15 is 0 Å². The number of nitrogens with one attached hydrogen (secondary N) is 1. The lowest BCUT2D eigenvalue weighted by Crippen LogP contribution is -1.98. The molecule has 6 heteroatoms. The molecule has 2 heterocycles. The summed E-state index contributed by atoms with van der Waals surface area (Å²) in [6.07, 6.45) is 1.70. The van der Waals surface area contributed by atoms with Crippen LogP contribution in [0.15, 0.2) is 29.9 Å². The molecule has 1 N–H and O–H groups in total. The molecule has 3 rings (SSSR count). The summed E-state index contributed by atoms with van der Waals surface area (Å²) in [4.78, 5) is 13.6. The third-order valence-electron chi connectivity index (χ3n) is 2.55. The molecule has 0 saturated carbocycles. The third kappa shape index (κ3) is 1.80. The van der Waals surface area contributed by atoms with Crippen molar-refractivity contribution in [2.75, 3.05) is 12.4 Å². The molecule has 1 aromatic carbocycles. The Morgan fingerprint density at radius 2 is 2.17 bits per heavy atom. The molecule has 0 radical (unpaired) electrons. The highest BCUT2D eigenvalue weighted by Gasteiger charge is 2.10. The molecular weight excluding hydrogens is 251 g/mol. The number of anilines is 1. The van der Waals surface area contributed by atoms with Crippen molar-refractivity contribution in [3.63, 3.8) is 0 Å². The van der Waals surface area contributed by atoms with Crippen LogP contribution in [0.2, 0.25) is 0 Å². The molecule has 0 aliphatic heterocycles. The summed E-state index contributed by atoms with van der Waals surface area (Å²) in [5.41, 5.74) is 2.30. The lowest BCUT2D eigenvalue weighted by atomic mass is 10.2. The number of benzene rings is 1. The molecule has 0 unspecified atom stereocenters. The van der Waals surface area contributed by atoms with Crippen LogP contribution >= 0.6 is 11.3 Å². The summed E-state index contributed by atoms with van der Waals surface area (Å²) in [6, 6.07) is 4.48. The minimum Gasteiger partial charge on any atom is -0.373 e. The van der Waals surface area contributed by atoms with Crippen molar-refractivity contribution in [1.82, 2.24) is 15.0 Å². The van der Waals surface area contributed by atoms with Crippen molar-refractivity contribution in [3.8, 4) is 10.7 Å². The van der Waals surface area contributed by atoms with E-state index in [9.17, 15) is 4.39 Å². The van der Waals surface area contributed by atoms with Gasteiger partial charge in [0.2, 0.25) is 0 Å². The molecular formula is C12H9FN4S. The van der Waals surface area contributed by atoms with E-state index in [2.05, 4.69) is 20.3 Å². The second-order valence-electron chi connectivity index (χ2n) is 3.67. The monoisotopic (exact) mass is 260 g/mol. The van der Waals surface area contributed by atoms with Gasteiger partial charge in [-0.15, -0.1) is 11.3 Å². The number of rotatable bonds is 2. The first kappa shape index (κ1) is 11.0. The van der Waals surface area contributed by atoms with Crippen molar-refractivity contribution in [3.05, 3.63) is 35.7 Å². The van der Waals surface area contributed by atoms with Crippen LogP contribution in [0.1, 0.15) is 0 Å². The molecule has 0 spiro atoms. The Morgan fingerprint density at radius 3 is 2.89 bits per heavy atom. The second-order valence-corrected chi connectivity index (χ2v) is 4.56. The maximum absolute atomic E-state index is 13.3. The van der Waals surface area contributed by atoms with Gasteiger partial charge >= 0.3 is 0 Å². The number of hydrogen-bond donors (Lipinski definition) is 1. The number of nitrogens with zero attached hydrogens (tertiary/aromatic N) is 3. The van der Waals surface area contributed by atoms with E-state index in [1.165, 1.54) is 23.5 Å². The normalized spacial score (nSPS) is 10.8. The Hall–Kier alpha value is -2.08. The van der Waals surface area contributed by atoms with Crippen molar-refractivity contribution >= 4 is 28.1 Å². The van der Waals surface area contributed by atoms with E-state index in [0.29, 0.717) is 17.2 Å². The Morgan fingerprint density at radius 1 is 1.28 bits per heavy atom. The third-order valence-corrected chi connectivity index (χ3v) is 3.32. The molecule has 4 nitrogen and oxygen atoms in total. The molecule has 0 aliphatic carbocycles. The number of aromatic nitrogens is 3. The fourth-order valence-electron chi connectivity index (χ4n) is 1.73. The SMILES string of the molecule is CNc1nc(-c2cncs2)nc2cc(F)ccc12. The standard InChI is InChI=1S/C12H9FN4S/c1-14-11-8-3-2-7(13)4-9(8)16-12(17-11)10-5-15-6-18-10/h2-6H,1H3,(H,14,16,17). The Bertz CT molecular complexity index is 697. The van der Waals surface area contributed by atoms with Gasteiger partial charge in [-0.2, -0.15) is 0 Å². The van der Waals surface area contributed by atoms with Crippen molar-refractivity contribution in [2.24, 2.45) is 0 Å². The zero-order chi connectivity index (χ0) is 12.5. The topological polar surface area (TPSA) is 50.7 Å². The Labute approximate surface area is 107 Å². The summed E-state index contributed by atoms with van der Waals surface area (Å²) < 4.78 is 13.3. The highest BCUT2D eigenvalue weighted by Crippen LogP contribution is 2.26. The first-order valence-corrected chi connectivity index (χ1v) is 6.20. The average Bonchev–Trinajstić information content (AvgIpc) is 2.90. The molecule has 0 atom stereocenters. The number of halogens is 1. The first-order valence-electron chi connectivity index (χ1n) is 5.32. The molecule has 0 bridgehead atoms. The van der Waals surface area contributed by atoms with Crippen LogP contribution in [0.5, 0.6) is 0 Å². The minimum absolute atomic E-state index is 0.307. The number of fused-ring (bicyclic) bond motifs is 1. The number of thiazole rings is 1. The summed E-state index contributed by atoms with van der Waals surface area (Å²) in [7, 11) is 1.78. The fourth-order valence-corrected chi connectivity index (χ4v) is 2.28. The number of hydrogen-bond acceptors (Lipinski definition) is 5. The molecule has 18 heavy (non-hydrogen) atoms. The second kappa shape index (κ2) is 4.30. The van der Waals surface area contributed by atoms with Gasteiger partial charge in [-0.05, 0) is 12.1 Å². The van der Waals surface area contributed by atoms with Crippen LogP contribution in [-0.4, -0.2) is 22.0 Å². The van der Waals surface area contributed by atoms with Crippen LogP contribution in [0.3, 0.4) is 0 Å². The zero-order valence-corrected chi connectivity index (χ0v) is 10.3. The van der Waals surface area contributed by atoms with Gasteiger partial charge in [0.1, 0.15) is 11.6 Å². The average molecular weight is 260 g/mol. The molecule has 0 saturated heterocycles. The fraction of sp³-hybridized carbons (Fsp3) is 0.0833. The quantitative estimate of drug-likeness (QED) is 0.769. The Kier molecular flexibility index (Phi) is 2.64. The van der Waals surface area contributed by atoms with Crippen LogP contribution in [0.25, 0.3) is 21.6 Å². The van der Waals surface area contributed by atoms with Crippen LogP contribution < -0.4 is 5.32 Å².